The highest BCUT2D eigenvalue weighted by molar-refractivity contribution is 6.30. The minimum atomic E-state index is -0.616. The first-order chi connectivity index (χ1) is 8.63. The second kappa shape index (κ2) is 5.67. The molecule has 2 rings (SSSR count). The molecule has 0 saturated heterocycles. The molecular weight excluding hydrogens is 257 g/mol. The zero-order chi connectivity index (χ0) is 13.1. The Morgan fingerprint density at radius 3 is 2.72 bits per heavy atom. The predicted molar refractivity (Wildman–Crippen MR) is 67.2 cm³/mol. The van der Waals surface area contributed by atoms with E-state index in [2.05, 4.69) is 0 Å². The van der Waals surface area contributed by atoms with Crippen molar-refractivity contribution in [3.63, 3.8) is 0 Å². The van der Waals surface area contributed by atoms with E-state index >= 15 is 0 Å². The molecule has 1 aromatic carbocycles. The lowest BCUT2D eigenvalue weighted by Gasteiger charge is -2.37. The highest BCUT2D eigenvalue weighted by Gasteiger charge is 2.30. The average Bonchev–Trinajstić information content (AvgIpc) is 2.25. The fourth-order valence-electron chi connectivity index (χ4n) is 2.07. The Balaban J connectivity index is 2.21. The predicted octanol–water partition coefficient (Wildman–Crippen LogP) is 2.47. The van der Waals surface area contributed by atoms with Gasteiger partial charge in [-0.2, -0.15) is 0 Å². The monoisotopic (exact) mass is 271 g/mol. The number of hydrogen-bond acceptors (Lipinski definition) is 2. The summed E-state index contributed by atoms with van der Waals surface area (Å²) in [5, 5.41) is 9.27. The Labute approximate surface area is 110 Å². The number of hydrogen-bond donors (Lipinski definition) is 1. The molecule has 0 atom stereocenters. The maximum absolute atomic E-state index is 13.7. The largest absolute Gasteiger partial charge is 0.395 e. The summed E-state index contributed by atoms with van der Waals surface area (Å²) in [6.45, 7) is 0.128. The van der Waals surface area contributed by atoms with Crippen LogP contribution in [-0.4, -0.2) is 35.1 Å². The smallest absolute Gasteiger partial charge is 0.257 e. The minimum Gasteiger partial charge on any atom is -0.395 e. The van der Waals surface area contributed by atoms with Gasteiger partial charge in [0.05, 0.1) is 12.2 Å². The third kappa shape index (κ3) is 2.65. The lowest BCUT2D eigenvalue weighted by atomic mass is 9.91. The van der Waals surface area contributed by atoms with Crippen LogP contribution < -0.4 is 0 Å². The van der Waals surface area contributed by atoms with Crippen molar-refractivity contribution in [2.75, 3.05) is 13.2 Å². The summed E-state index contributed by atoms with van der Waals surface area (Å²) < 4.78 is 13.7. The van der Waals surface area contributed by atoms with Crippen LogP contribution in [0.15, 0.2) is 18.2 Å². The van der Waals surface area contributed by atoms with E-state index in [0.29, 0.717) is 0 Å². The molecule has 18 heavy (non-hydrogen) atoms. The molecule has 1 aliphatic rings. The molecule has 1 aromatic rings. The maximum Gasteiger partial charge on any atom is 0.257 e. The molecule has 1 N–H and O–H groups in total. The first-order valence-corrected chi connectivity index (χ1v) is 6.38. The first kappa shape index (κ1) is 13.3. The van der Waals surface area contributed by atoms with Crippen LogP contribution in [0, 0.1) is 5.82 Å². The SMILES string of the molecule is O=C(c1ccc(Cl)cc1F)N(CCO)C1CCC1. The topological polar surface area (TPSA) is 40.5 Å². The van der Waals surface area contributed by atoms with E-state index in [9.17, 15) is 9.18 Å². The molecule has 1 fully saturated rings. The number of rotatable bonds is 4. The second-order valence-electron chi connectivity index (χ2n) is 4.43. The van der Waals surface area contributed by atoms with Crippen molar-refractivity contribution in [1.82, 2.24) is 4.90 Å². The molecule has 3 nitrogen and oxygen atoms in total. The Bertz CT molecular complexity index is 449. The number of amides is 1. The molecule has 98 valence electrons. The fraction of sp³-hybridized carbons (Fsp3) is 0.462. The normalized spacial score (nSPS) is 15.3. The summed E-state index contributed by atoms with van der Waals surface area (Å²) in [7, 11) is 0. The van der Waals surface area contributed by atoms with Crippen LogP contribution in [0.1, 0.15) is 29.6 Å². The molecule has 1 saturated carbocycles. The van der Waals surface area contributed by atoms with Gasteiger partial charge in [-0.05, 0) is 37.5 Å². The van der Waals surface area contributed by atoms with E-state index in [1.54, 1.807) is 4.90 Å². The van der Waals surface area contributed by atoms with Crippen LogP contribution in [0.5, 0.6) is 0 Å². The lowest BCUT2D eigenvalue weighted by Crippen LogP contribution is -2.45. The van der Waals surface area contributed by atoms with Gasteiger partial charge in [0, 0.05) is 17.6 Å². The summed E-state index contributed by atoms with van der Waals surface area (Å²) in [6.07, 6.45) is 2.91. The number of carbonyl (C=O) groups excluding carboxylic acids is 1. The van der Waals surface area contributed by atoms with Crippen LogP contribution in [0.25, 0.3) is 0 Å². The quantitative estimate of drug-likeness (QED) is 0.914. The van der Waals surface area contributed by atoms with E-state index in [-0.39, 0.29) is 35.7 Å². The molecule has 0 aliphatic heterocycles. The van der Waals surface area contributed by atoms with E-state index in [0.717, 1.165) is 25.3 Å². The van der Waals surface area contributed by atoms with Gasteiger partial charge in [-0.3, -0.25) is 4.79 Å². The molecule has 5 heteroatoms. The molecule has 0 unspecified atom stereocenters. The summed E-state index contributed by atoms with van der Waals surface area (Å²) >= 11 is 5.66. The Kier molecular flexibility index (Phi) is 4.19. The van der Waals surface area contributed by atoms with Crippen LogP contribution in [0.3, 0.4) is 0 Å². The van der Waals surface area contributed by atoms with Gasteiger partial charge in [0.25, 0.3) is 5.91 Å². The van der Waals surface area contributed by atoms with Gasteiger partial charge in [-0.15, -0.1) is 0 Å². The van der Waals surface area contributed by atoms with Crippen LogP contribution in [-0.2, 0) is 0 Å². The standard InChI is InChI=1S/C13H15ClFNO2/c14-9-4-5-11(12(15)8-9)13(18)16(6-7-17)10-2-1-3-10/h4-5,8,10,17H,1-3,6-7H2. The first-order valence-electron chi connectivity index (χ1n) is 6.00. The Hall–Kier alpha value is -1.13. The highest BCUT2D eigenvalue weighted by Crippen LogP contribution is 2.27. The number of aliphatic hydroxyl groups is 1. The third-order valence-corrected chi connectivity index (χ3v) is 3.51. The minimum absolute atomic E-state index is 0.0137. The van der Waals surface area contributed by atoms with Crippen molar-refractivity contribution < 1.29 is 14.3 Å². The van der Waals surface area contributed by atoms with Crippen molar-refractivity contribution >= 4 is 17.5 Å². The van der Waals surface area contributed by atoms with E-state index < -0.39 is 5.82 Å². The summed E-state index contributed by atoms with van der Waals surface area (Å²) in [4.78, 5) is 13.8. The molecule has 0 heterocycles. The lowest BCUT2D eigenvalue weighted by molar-refractivity contribution is 0.0521. The highest BCUT2D eigenvalue weighted by atomic mass is 35.5. The number of carbonyl (C=O) groups is 1. The van der Waals surface area contributed by atoms with Crippen molar-refractivity contribution in [2.24, 2.45) is 0 Å². The van der Waals surface area contributed by atoms with Crippen molar-refractivity contribution in [2.45, 2.75) is 25.3 Å². The number of benzene rings is 1. The van der Waals surface area contributed by atoms with Crippen molar-refractivity contribution in [1.29, 1.82) is 0 Å². The van der Waals surface area contributed by atoms with Gasteiger partial charge >= 0.3 is 0 Å². The number of nitrogens with zero attached hydrogens (tertiary/aromatic N) is 1. The summed E-state index contributed by atoms with van der Waals surface area (Å²) in [5.41, 5.74) is 0.0137. The number of aliphatic hydroxyl groups excluding tert-OH is 1. The van der Waals surface area contributed by atoms with E-state index in [1.807, 2.05) is 0 Å². The van der Waals surface area contributed by atoms with Gasteiger partial charge in [0.15, 0.2) is 0 Å². The summed E-state index contributed by atoms with van der Waals surface area (Å²) in [5.74, 6) is -0.988. The Morgan fingerprint density at radius 1 is 1.50 bits per heavy atom. The third-order valence-electron chi connectivity index (χ3n) is 3.28. The average molecular weight is 272 g/mol. The molecular formula is C13H15ClFNO2. The van der Waals surface area contributed by atoms with E-state index in [1.165, 1.54) is 12.1 Å². The van der Waals surface area contributed by atoms with Gasteiger partial charge < -0.3 is 10.0 Å². The molecule has 0 aromatic heterocycles. The Morgan fingerprint density at radius 2 is 2.22 bits per heavy atom. The van der Waals surface area contributed by atoms with Gasteiger partial charge in [-0.25, -0.2) is 4.39 Å². The molecule has 1 amide bonds. The van der Waals surface area contributed by atoms with Gasteiger partial charge in [-0.1, -0.05) is 11.6 Å². The number of halogens is 2. The molecule has 0 spiro atoms. The van der Waals surface area contributed by atoms with E-state index in [4.69, 9.17) is 16.7 Å². The fourth-order valence-corrected chi connectivity index (χ4v) is 2.23. The second-order valence-corrected chi connectivity index (χ2v) is 4.87. The van der Waals surface area contributed by atoms with Gasteiger partial charge in [0.1, 0.15) is 5.82 Å². The molecule has 0 radical (unpaired) electrons. The molecule has 1 aliphatic carbocycles. The van der Waals surface area contributed by atoms with Crippen LogP contribution in [0.4, 0.5) is 4.39 Å². The van der Waals surface area contributed by atoms with Crippen LogP contribution >= 0.6 is 11.6 Å². The summed E-state index contributed by atoms with van der Waals surface area (Å²) in [6, 6.07) is 4.14. The zero-order valence-electron chi connectivity index (χ0n) is 9.90. The van der Waals surface area contributed by atoms with Gasteiger partial charge in [0.2, 0.25) is 0 Å². The maximum atomic E-state index is 13.7. The van der Waals surface area contributed by atoms with Crippen molar-refractivity contribution in [3.8, 4) is 0 Å². The molecule has 0 bridgehead atoms. The zero-order valence-corrected chi connectivity index (χ0v) is 10.7. The van der Waals surface area contributed by atoms with Crippen LogP contribution in [0.2, 0.25) is 5.02 Å². The van der Waals surface area contributed by atoms with Crippen molar-refractivity contribution in [3.05, 3.63) is 34.6 Å².